The number of hydrogen-bond donors (Lipinski definition) is 1. The fraction of sp³-hybridized carbons (Fsp3) is 0.333. The number of carboxylic acids is 1. The summed E-state index contributed by atoms with van der Waals surface area (Å²) in [6.07, 6.45) is 3.19. The van der Waals surface area contributed by atoms with Crippen LogP contribution in [-0.2, 0) is 4.79 Å². The summed E-state index contributed by atoms with van der Waals surface area (Å²) in [6, 6.07) is 5.77. The maximum absolute atomic E-state index is 10.5. The molecule has 0 heterocycles. The van der Waals surface area contributed by atoms with E-state index in [1.54, 1.807) is 12.1 Å². The summed E-state index contributed by atoms with van der Waals surface area (Å²) < 4.78 is 7.14. The van der Waals surface area contributed by atoms with Crippen LogP contribution in [0.25, 0.3) is 6.08 Å². The minimum Gasteiger partial charge on any atom is -0.491 e. The van der Waals surface area contributed by atoms with Gasteiger partial charge in [0.15, 0.2) is 0 Å². The summed E-state index contributed by atoms with van der Waals surface area (Å²) in [5.74, 6) is -0.363. The van der Waals surface area contributed by atoms with Crippen LogP contribution in [0.3, 0.4) is 0 Å². The van der Waals surface area contributed by atoms with Gasteiger partial charge in [0, 0.05) is 6.08 Å². The monoisotopic (exact) mass is 415 g/mol. The zero-order chi connectivity index (χ0) is 16.0. The number of halogens is 2. The van der Waals surface area contributed by atoms with E-state index in [2.05, 4.69) is 37.9 Å². The first kappa shape index (κ1) is 17.7. The molecule has 6 heteroatoms. The van der Waals surface area contributed by atoms with E-state index in [0.717, 1.165) is 20.6 Å². The van der Waals surface area contributed by atoms with E-state index in [4.69, 9.17) is 15.1 Å². The van der Waals surface area contributed by atoms with Crippen molar-refractivity contribution in [2.75, 3.05) is 6.61 Å². The van der Waals surface area contributed by atoms with Crippen LogP contribution < -0.4 is 4.74 Å². The topological polar surface area (TPSA) is 70.3 Å². The highest BCUT2D eigenvalue weighted by atomic mass is 79.9. The van der Waals surface area contributed by atoms with Crippen LogP contribution in [0.1, 0.15) is 25.8 Å². The third-order valence-corrected chi connectivity index (χ3v) is 3.89. The minimum atomic E-state index is -0.999. The molecule has 4 nitrogen and oxygen atoms in total. The normalized spacial score (nSPS) is 11.4. The Morgan fingerprint density at radius 2 is 2.00 bits per heavy atom. The van der Waals surface area contributed by atoms with Gasteiger partial charge < -0.3 is 9.84 Å². The average molecular weight is 417 g/mol. The Morgan fingerprint density at radius 3 is 2.48 bits per heavy atom. The summed E-state index contributed by atoms with van der Waals surface area (Å²) in [6.45, 7) is 4.14. The van der Waals surface area contributed by atoms with Gasteiger partial charge in [0.05, 0.1) is 27.0 Å². The third-order valence-electron chi connectivity index (χ3n) is 2.72. The second-order valence-corrected chi connectivity index (χ2v) is 6.79. The lowest BCUT2D eigenvalue weighted by atomic mass is 9.92. The number of nitrogens with zero attached hydrogens (tertiary/aromatic N) is 1. The largest absolute Gasteiger partial charge is 0.491 e. The maximum Gasteiger partial charge on any atom is 0.328 e. The molecule has 0 aromatic heterocycles. The Labute approximate surface area is 140 Å². The molecular formula is C15H15Br2NO3. The van der Waals surface area contributed by atoms with E-state index in [1.807, 2.05) is 13.8 Å². The summed E-state index contributed by atoms with van der Waals surface area (Å²) in [5.41, 5.74) is 0.309. The molecule has 0 aliphatic rings. The van der Waals surface area contributed by atoms with Crippen LogP contribution in [0.5, 0.6) is 5.75 Å². The fourth-order valence-electron chi connectivity index (χ4n) is 1.45. The number of hydrogen-bond acceptors (Lipinski definition) is 3. The second kappa shape index (κ2) is 7.62. The van der Waals surface area contributed by atoms with Crippen LogP contribution in [0.4, 0.5) is 0 Å². The van der Waals surface area contributed by atoms with E-state index in [1.165, 1.54) is 6.08 Å². The molecular weight excluding hydrogens is 402 g/mol. The number of carbonyl (C=O) groups is 1. The van der Waals surface area contributed by atoms with Crippen LogP contribution in [0.15, 0.2) is 27.2 Å². The first-order chi connectivity index (χ1) is 9.75. The van der Waals surface area contributed by atoms with Gasteiger partial charge in [-0.2, -0.15) is 5.26 Å². The van der Waals surface area contributed by atoms with Gasteiger partial charge in [0.2, 0.25) is 0 Å². The molecule has 0 spiro atoms. The van der Waals surface area contributed by atoms with Crippen molar-refractivity contribution in [3.8, 4) is 11.8 Å². The van der Waals surface area contributed by atoms with Crippen molar-refractivity contribution < 1.29 is 14.6 Å². The smallest absolute Gasteiger partial charge is 0.328 e. The zero-order valence-electron chi connectivity index (χ0n) is 11.7. The molecule has 21 heavy (non-hydrogen) atoms. The first-order valence-electron chi connectivity index (χ1n) is 6.19. The molecule has 0 atom stereocenters. The second-order valence-electron chi connectivity index (χ2n) is 5.08. The van der Waals surface area contributed by atoms with E-state index >= 15 is 0 Å². The highest BCUT2D eigenvalue weighted by molar-refractivity contribution is 9.11. The Morgan fingerprint density at radius 1 is 1.43 bits per heavy atom. The van der Waals surface area contributed by atoms with Crippen molar-refractivity contribution in [2.45, 2.75) is 20.3 Å². The van der Waals surface area contributed by atoms with Gasteiger partial charge in [0.1, 0.15) is 5.75 Å². The molecule has 0 saturated carbocycles. The van der Waals surface area contributed by atoms with Crippen molar-refractivity contribution in [1.82, 2.24) is 0 Å². The van der Waals surface area contributed by atoms with E-state index in [9.17, 15) is 4.79 Å². The van der Waals surface area contributed by atoms with Crippen molar-refractivity contribution in [3.63, 3.8) is 0 Å². The maximum atomic E-state index is 10.5. The van der Waals surface area contributed by atoms with E-state index in [0.29, 0.717) is 18.8 Å². The van der Waals surface area contributed by atoms with E-state index < -0.39 is 11.4 Å². The first-order valence-corrected chi connectivity index (χ1v) is 7.78. The van der Waals surface area contributed by atoms with E-state index in [-0.39, 0.29) is 0 Å². The summed E-state index contributed by atoms with van der Waals surface area (Å²) in [4.78, 5) is 10.5. The van der Waals surface area contributed by atoms with Crippen molar-refractivity contribution >= 4 is 43.9 Å². The molecule has 0 aliphatic heterocycles. The van der Waals surface area contributed by atoms with Gasteiger partial charge in [-0.15, -0.1) is 0 Å². The van der Waals surface area contributed by atoms with Crippen molar-refractivity contribution in [2.24, 2.45) is 5.41 Å². The molecule has 0 saturated heterocycles. The number of benzene rings is 1. The molecule has 1 N–H and O–H groups in total. The van der Waals surface area contributed by atoms with Gasteiger partial charge in [-0.05, 0) is 75.9 Å². The lowest BCUT2D eigenvalue weighted by molar-refractivity contribution is -0.131. The number of rotatable bonds is 6. The van der Waals surface area contributed by atoms with Crippen molar-refractivity contribution in [1.29, 1.82) is 5.26 Å². The Hall–Kier alpha value is -1.32. The predicted octanol–water partition coefficient (Wildman–Crippen LogP) is 4.63. The highest BCUT2D eigenvalue weighted by Gasteiger charge is 2.17. The van der Waals surface area contributed by atoms with Crippen LogP contribution in [-0.4, -0.2) is 17.7 Å². The standard InChI is InChI=1S/C15H15Br2NO3/c1-15(2,9-18)5-6-21-14-11(16)7-10(8-12(14)17)3-4-13(19)20/h3-4,7-8H,5-6H2,1-2H3,(H,19,20)/b4-3+. The quantitative estimate of drug-likeness (QED) is 0.686. The summed E-state index contributed by atoms with van der Waals surface area (Å²) in [7, 11) is 0. The van der Waals surface area contributed by atoms with Crippen LogP contribution >= 0.6 is 31.9 Å². The fourth-order valence-corrected chi connectivity index (χ4v) is 2.90. The number of carboxylic acid groups (broad SMARTS) is 1. The van der Waals surface area contributed by atoms with Gasteiger partial charge in [-0.3, -0.25) is 0 Å². The molecule has 0 unspecified atom stereocenters. The summed E-state index contributed by atoms with van der Waals surface area (Å²) in [5, 5.41) is 17.6. The average Bonchev–Trinajstić information content (AvgIpc) is 2.39. The summed E-state index contributed by atoms with van der Waals surface area (Å²) >= 11 is 6.80. The Kier molecular flexibility index (Phi) is 6.43. The SMILES string of the molecule is CC(C)(C#N)CCOc1c(Br)cc(/C=C/C(=O)O)cc1Br. The van der Waals surface area contributed by atoms with Crippen molar-refractivity contribution in [3.05, 3.63) is 32.7 Å². The Bertz CT molecular complexity index is 580. The number of ether oxygens (including phenoxy) is 1. The lowest BCUT2D eigenvalue weighted by Crippen LogP contribution is -2.13. The van der Waals surface area contributed by atoms with Crippen LogP contribution in [0, 0.1) is 16.7 Å². The van der Waals surface area contributed by atoms with Gasteiger partial charge in [0.25, 0.3) is 0 Å². The molecule has 1 rings (SSSR count). The molecule has 112 valence electrons. The third kappa shape index (κ3) is 5.90. The predicted molar refractivity (Wildman–Crippen MR) is 88.0 cm³/mol. The van der Waals surface area contributed by atoms with Gasteiger partial charge in [-0.25, -0.2) is 4.79 Å². The zero-order valence-corrected chi connectivity index (χ0v) is 14.9. The molecule has 0 radical (unpaired) electrons. The highest BCUT2D eigenvalue weighted by Crippen LogP contribution is 2.35. The molecule has 1 aromatic rings. The lowest BCUT2D eigenvalue weighted by Gasteiger charge is -2.17. The number of nitriles is 1. The minimum absolute atomic E-state index is 0.419. The molecule has 1 aromatic carbocycles. The molecule has 0 bridgehead atoms. The molecule has 0 aliphatic carbocycles. The number of aliphatic carboxylic acids is 1. The van der Waals surface area contributed by atoms with Gasteiger partial charge >= 0.3 is 5.97 Å². The van der Waals surface area contributed by atoms with Crippen LogP contribution in [0.2, 0.25) is 0 Å². The molecule has 0 fully saturated rings. The Balaban J connectivity index is 2.81. The molecule has 0 amide bonds. The van der Waals surface area contributed by atoms with Gasteiger partial charge in [-0.1, -0.05) is 0 Å².